The van der Waals surface area contributed by atoms with Crippen molar-refractivity contribution in [1.82, 2.24) is 9.47 Å². The number of aliphatic imine (C=N–C) groups is 1. The van der Waals surface area contributed by atoms with Gasteiger partial charge in [-0.15, -0.1) is 0 Å². The van der Waals surface area contributed by atoms with Gasteiger partial charge in [0, 0.05) is 24.1 Å². The molecule has 0 saturated carbocycles. The number of rotatable bonds is 4. The first kappa shape index (κ1) is 21.0. The van der Waals surface area contributed by atoms with Gasteiger partial charge in [0.15, 0.2) is 5.17 Å². The van der Waals surface area contributed by atoms with E-state index in [-0.39, 0.29) is 5.91 Å². The van der Waals surface area contributed by atoms with Crippen LogP contribution in [0.4, 0.5) is 5.69 Å². The molecule has 5 nitrogen and oxygen atoms in total. The van der Waals surface area contributed by atoms with E-state index in [1.807, 2.05) is 61.5 Å². The van der Waals surface area contributed by atoms with Gasteiger partial charge in [-0.05, 0) is 86.6 Å². The summed E-state index contributed by atoms with van der Waals surface area (Å²) in [5.74, 6) is 0.787. The van der Waals surface area contributed by atoms with E-state index in [1.165, 1.54) is 17.3 Å². The van der Waals surface area contributed by atoms with Crippen LogP contribution in [-0.2, 0) is 4.79 Å². The molecule has 1 aliphatic heterocycles. The monoisotopic (exact) mass is 431 g/mol. The normalized spacial score (nSPS) is 16.5. The molecule has 1 saturated heterocycles. The Hall–Kier alpha value is -3.25. The van der Waals surface area contributed by atoms with Crippen LogP contribution in [0.2, 0.25) is 0 Å². The summed E-state index contributed by atoms with van der Waals surface area (Å²) in [4.78, 5) is 19.8. The van der Waals surface area contributed by atoms with Gasteiger partial charge in [-0.25, -0.2) is 4.99 Å². The predicted molar refractivity (Wildman–Crippen MR) is 128 cm³/mol. The van der Waals surface area contributed by atoms with Gasteiger partial charge in [0.05, 0.1) is 17.7 Å². The second kappa shape index (κ2) is 8.47. The minimum atomic E-state index is -0.0369. The summed E-state index contributed by atoms with van der Waals surface area (Å²) in [7, 11) is 3.43. The predicted octanol–water partition coefficient (Wildman–Crippen LogP) is 5.64. The van der Waals surface area contributed by atoms with Gasteiger partial charge in [0.1, 0.15) is 5.75 Å². The van der Waals surface area contributed by atoms with E-state index in [0.717, 1.165) is 34.1 Å². The molecule has 1 aromatic heterocycles. The highest BCUT2D eigenvalue weighted by atomic mass is 32.2. The third-order valence-electron chi connectivity index (χ3n) is 5.35. The molecule has 0 radical (unpaired) electrons. The lowest BCUT2D eigenvalue weighted by Gasteiger charge is -2.10. The van der Waals surface area contributed by atoms with Crippen molar-refractivity contribution >= 4 is 34.6 Å². The summed E-state index contributed by atoms with van der Waals surface area (Å²) < 4.78 is 7.45. The molecule has 0 N–H and O–H groups in total. The summed E-state index contributed by atoms with van der Waals surface area (Å²) in [5, 5.41) is 0.684. The highest BCUT2D eigenvalue weighted by Crippen LogP contribution is 2.34. The molecule has 1 fully saturated rings. The molecule has 0 atom stereocenters. The molecule has 0 bridgehead atoms. The maximum absolute atomic E-state index is 12.8. The third kappa shape index (κ3) is 4.16. The van der Waals surface area contributed by atoms with E-state index in [1.54, 1.807) is 19.1 Å². The van der Waals surface area contributed by atoms with Crippen LogP contribution in [0.1, 0.15) is 22.5 Å². The number of benzene rings is 2. The van der Waals surface area contributed by atoms with Crippen molar-refractivity contribution < 1.29 is 9.53 Å². The summed E-state index contributed by atoms with van der Waals surface area (Å²) >= 11 is 1.41. The van der Waals surface area contributed by atoms with Gasteiger partial charge in [0.25, 0.3) is 5.91 Å². The van der Waals surface area contributed by atoms with Gasteiger partial charge in [-0.1, -0.05) is 17.7 Å². The molecule has 2 aromatic carbocycles. The number of ether oxygens (including phenoxy) is 1. The minimum absolute atomic E-state index is 0.0369. The fourth-order valence-corrected chi connectivity index (χ4v) is 4.56. The van der Waals surface area contributed by atoms with Gasteiger partial charge >= 0.3 is 0 Å². The Labute approximate surface area is 187 Å². The lowest BCUT2D eigenvalue weighted by Crippen LogP contribution is -2.23. The van der Waals surface area contributed by atoms with Crippen molar-refractivity contribution in [1.29, 1.82) is 0 Å². The fraction of sp³-hybridized carbons (Fsp3) is 0.200. The van der Waals surface area contributed by atoms with Gasteiger partial charge < -0.3 is 9.30 Å². The molecule has 158 valence electrons. The van der Waals surface area contributed by atoms with Crippen LogP contribution in [0.15, 0.2) is 64.5 Å². The molecule has 0 aliphatic carbocycles. The number of nitrogens with zero attached hydrogens (tertiary/aromatic N) is 3. The Morgan fingerprint density at radius 1 is 1.00 bits per heavy atom. The fourth-order valence-electron chi connectivity index (χ4n) is 3.58. The Morgan fingerprint density at radius 3 is 2.32 bits per heavy atom. The highest BCUT2D eigenvalue weighted by Gasteiger charge is 2.30. The lowest BCUT2D eigenvalue weighted by molar-refractivity contribution is -0.121. The number of carbonyl (C=O) groups excluding carboxylic acids is 1. The van der Waals surface area contributed by atoms with Gasteiger partial charge in [-0.3, -0.25) is 9.69 Å². The number of amides is 1. The van der Waals surface area contributed by atoms with E-state index < -0.39 is 0 Å². The topological polar surface area (TPSA) is 46.8 Å². The van der Waals surface area contributed by atoms with Crippen LogP contribution in [0, 0.1) is 20.8 Å². The van der Waals surface area contributed by atoms with Crippen LogP contribution < -0.4 is 4.74 Å². The van der Waals surface area contributed by atoms with Crippen molar-refractivity contribution in [3.05, 3.63) is 82.0 Å². The first-order chi connectivity index (χ1) is 14.9. The van der Waals surface area contributed by atoms with Crippen LogP contribution in [0.25, 0.3) is 11.8 Å². The molecule has 3 aromatic rings. The van der Waals surface area contributed by atoms with Crippen molar-refractivity contribution in [2.75, 3.05) is 14.2 Å². The lowest BCUT2D eigenvalue weighted by atomic mass is 10.2. The number of methoxy groups -OCH3 is 1. The van der Waals surface area contributed by atoms with E-state index in [4.69, 9.17) is 4.74 Å². The van der Waals surface area contributed by atoms with Crippen molar-refractivity contribution in [3.8, 4) is 11.4 Å². The number of hydrogen-bond acceptors (Lipinski definition) is 4. The van der Waals surface area contributed by atoms with Crippen molar-refractivity contribution in [2.45, 2.75) is 20.8 Å². The maximum Gasteiger partial charge on any atom is 0.266 e. The number of aromatic nitrogens is 1. The zero-order valence-electron chi connectivity index (χ0n) is 18.3. The number of amidine groups is 1. The molecule has 1 amide bonds. The summed E-state index contributed by atoms with van der Waals surface area (Å²) in [6.45, 7) is 6.18. The summed E-state index contributed by atoms with van der Waals surface area (Å²) in [6, 6.07) is 18.0. The van der Waals surface area contributed by atoms with Crippen LogP contribution in [-0.4, -0.2) is 34.7 Å². The minimum Gasteiger partial charge on any atom is -0.497 e. The van der Waals surface area contributed by atoms with Crippen LogP contribution in [0.5, 0.6) is 5.75 Å². The van der Waals surface area contributed by atoms with E-state index in [0.29, 0.717) is 10.1 Å². The Kier molecular flexibility index (Phi) is 5.74. The molecular formula is C25H25N3O2S. The van der Waals surface area contributed by atoms with Crippen molar-refractivity contribution in [2.24, 2.45) is 4.99 Å². The van der Waals surface area contributed by atoms with Gasteiger partial charge in [0.2, 0.25) is 0 Å². The standard InChI is InChI=1S/C25H25N3O2S/c1-16-6-8-20(9-7-16)26-25-27(4)24(29)23(31-25)15-19-14-17(2)28(18(19)3)21-10-12-22(30-5)13-11-21/h6-15H,1-5H3/b23-15+,26-25?. The number of likely N-dealkylation sites (N-methyl/N-ethyl adjacent to an activating group) is 1. The Balaban J connectivity index is 1.65. The average molecular weight is 432 g/mol. The quantitative estimate of drug-likeness (QED) is 0.502. The molecule has 1 aliphatic rings. The second-order valence-electron chi connectivity index (χ2n) is 7.56. The SMILES string of the molecule is COc1ccc(-n2c(C)cc(/C=C3/SC(=Nc4ccc(C)cc4)N(C)C3=O)c2C)cc1. The zero-order valence-corrected chi connectivity index (χ0v) is 19.2. The molecule has 4 rings (SSSR count). The molecule has 0 spiro atoms. The van der Waals surface area contributed by atoms with Gasteiger partial charge in [-0.2, -0.15) is 0 Å². The number of aryl methyl sites for hydroxylation is 2. The van der Waals surface area contributed by atoms with Crippen molar-refractivity contribution in [3.63, 3.8) is 0 Å². The zero-order chi connectivity index (χ0) is 22.1. The second-order valence-corrected chi connectivity index (χ2v) is 8.57. The number of thioether (sulfide) groups is 1. The Morgan fingerprint density at radius 2 is 1.68 bits per heavy atom. The average Bonchev–Trinajstić information content (AvgIpc) is 3.19. The molecule has 0 unspecified atom stereocenters. The summed E-state index contributed by atoms with van der Waals surface area (Å²) in [6.07, 6.45) is 1.96. The number of hydrogen-bond donors (Lipinski definition) is 0. The third-order valence-corrected chi connectivity index (χ3v) is 6.41. The van der Waals surface area contributed by atoms with E-state index in [2.05, 4.69) is 29.5 Å². The van der Waals surface area contributed by atoms with E-state index >= 15 is 0 Å². The first-order valence-corrected chi connectivity index (χ1v) is 10.9. The largest absolute Gasteiger partial charge is 0.497 e. The maximum atomic E-state index is 12.8. The smallest absolute Gasteiger partial charge is 0.266 e. The molecule has 6 heteroatoms. The van der Waals surface area contributed by atoms with E-state index in [9.17, 15) is 4.79 Å². The Bertz CT molecular complexity index is 1190. The highest BCUT2D eigenvalue weighted by molar-refractivity contribution is 8.18. The van der Waals surface area contributed by atoms with Crippen LogP contribution in [0.3, 0.4) is 0 Å². The number of carbonyl (C=O) groups is 1. The summed E-state index contributed by atoms with van der Waals surface area (Å²) in [5.41, 5.74) is 6.28. The van der Waals surface area contributed by atoms with Crippen LogP contribution >= 0.6 is 11.8 Å². The first-order valence-electron chi connectivity index (χ1n) is 10.0. The molecular weight excluding hydrogens is 406 g/mol. The molecule has 2 heterocycles. The molecule has 31 heavy (non-hydrogen) atoms.